The Labute approximate surface area is 163 Å². The van der Waals surface area contributed by atoms with E-state index < -0.39 is 0 Å². The Kier molecular flexibility index (Phi) is 5.48. The molecule has 0 spiro atoms. The van der Waals surface area contributed by atoms with Crippen LogP contribution < -0.4 is 28.7 Å². The van der Waals surface area contributed by atoms with Crippen molar-refractivity contribution < 1.29 is 28.7 Å². The molecule has 4 heteroatoms. The second kappa shape index (κ2) is 7.59. The molecule has 0 unspecified atom stereocenters. The van der Waals surface area contributed by atoms with E-state index in [1.165, 1.54) is 15.4 Å². The third-order valence-corrected chi connectivity index (χ3v) is 6.15. The largest absolute Gasteiger partial charge is 1.00 e. The molecule has 24 heavy (non-hydrogen) atoms. The van der Waals surface area contributed by atoms with Crippen molar-refractivity contribution in [2.45, 2.75) is 16.3 Å². The van der Waals surface area contributed by atoms with Gasteiger partial charge in [0.05, 0.1) is 6.54 Å². The zero-order chi connectivity index (χ0) is 15.6. The van der Waals surface area contributed by atoms with Crippen molar-refractivity contribution in [1.82, 2.24) is 4.31 Å². The molecular formula is C20H18INOS. The van der Waals surface area contributed by atoms with E-state index in [1.54, 1.807) is 0 Å². The van der Waals surface area contributed by atoms with Crippen molar-refractivity contribution in [2.24, 2.45) is 0 Å². The van der Waals surface area contributed by atoms with Crippen LogP contribution in [0.25, 0.3) is 0 Å². The van der Waals surface area contributed by atoms with E-state index >= 15 is 0 Å². The van der Waals surface area contributed by atoms with Crippen molar-refractivity contribution in [1.29, 1.82) is 0 Å². The van der Waals surface area contributed by atoms with Gasteiger partial charge in [-0.2, -0.15) is 0 Å². The third kappa shape index (κ3) is 3.31. The fraction of sp³-hybridized carbons (Fsp3) is 0.100. The summed E-state index contributed by atoms with van der Waals surface area (Å²) in [7, 11) is 2.19. The van der Waals surface area contributed by atoms with E-state index in [0.29, 0.717) is 0 Å². The normalized spacial score (nSPS) is 12.8. The van der Waals surface area contributed by atoms with Gasteiger partial charge in [0.25, 0.3) is 0 Å². The number of halogens is 1. The summed E-state index contributed by atoms with van der Waals surface area (Å²) < 4.78 is 8.50. The minimum atomic E-state index is -0.131. The van der Waals surface area contributed by atoms with Crippen LogP contribution in [-0.2, 0) is 17.6 Å². The molecule has 0 saturated heterocycles. The Bertz CT molecular complexity index is 779. The van der Waals surface area contributed by atoms with E-state index in [1.807, 2.05) is 12.1 Å². The molecule has 2 nitrogen and oxygen atoms in total. The lowest BCUT2D eigenvalue weighted by molar-refractivity contribution is -0.00000516. The van der Waals surface area contributed by atoms with E-state index in [2.05, 4.69) is 78.1 Å². The van der Waals surface area contributed by atoms with Gasteiger partial charge < -0.3 is 28.7 Å². The predicted molar refractivity (Wildman–Crippen MR) is 94.8 cm³/mol. The summed E-state index contributed by atoms with van der Waals surface area (Å²) in [6.07, 6.45) is 0. The molecule has 0 fully saturated rings. The SMILES string of the molecule is CN(Cc1ccccc1)[S+]1c2ccccc2Oc2ccccc21.[I-]. The van der Waals surface area contributed by atoms with Crippen molar-refractivity contribution >= 4 is 11.1 Å². The molecule has 3 aromatic rings. The average molecular weight is 447 g/mol. The van der Waals surface area contributed by atoms with Gasteiger partial charge in [-0.25, -0.2) is 0 Å². The number of fused-ring (bicyclic) bond motifs is 2. The second-order valence-corrected chi connectivity index (χ2v) is 7.62. The van der Waals surface area contributed by atoms with Crippen LogP contribution >= 0.6 is 0 Å². The Morgan fingerprint density at radius 3 is 1.83 bits per heavy atom. The van der Waals surface area contributed by atoms with Crippen molar-refractivity contribution in [2.75, 3.05) is 7.05 Å². The molecule has 0 amide bonds. The maximum Gasteiger partial charge on any atom is 0.224 e. The van der Waals surface area contributed by atoms with E-state index in [0.717, 1.165) is 18.0 Å². The lowest BCUT2D eigenvalue weighted by Crippen LogP contribution is -3.00. The van der Waals surface area contributed by atoms with E-state index in [-0.39, 0.29) is 35.1 Å². The summed E-state index contributed by atoms with van der Waals surface area (Å²) in [4.78, 5) is 2.51. The summed E-state index contributed by atoms with van der Waals surface area (Å²) in [6, 6.07) is 27.3. The molecule has 0 aromatic heterocycles. The Balaban J connectivity index is 0.00000169. The van der Waals surface area contributed by atoms with E-state index in [9.17, 15) is 0 Å². The highest BCUT2D eigenvalue weighted by Gasteiger charge is 2.41. The molecule has 122 valence electrons. The lowest BCUT2D eigenvalue weighted by atomic mass is 10.2. The smallest absolute Gasteiger partial charge is 0.224 e. The monoisotopic (exact) mass is 447 g/mol. The molecule has 1 aliphatic rings. The molecule has 0 atom stereocenters. The van der Waals surface area contributed by atoms with Gasteiger partial charge in [-0.1, -0.05) is 54.6 Å². The minimum Gasteiger partial charge on any atom is -1.00 e. The number of hydrogen-bond acceptors (Lipinski definition) is 2. The standard InChI is InChI=1S/C20H18NOS.HI/c1-21(15-16-9-3-2-4-10-16)23-19-13-7-5-11-17(19)22-18-12-6-8-14-20(18)23;/h2-14H,15H2,1H3;1H/q+1;/p-1. The van der Waals surface area contributed by atoms with Crippen LogP contribution in [0.2, 0.25) is 0 Å². The first-order valence-corrected chi connectivity index (χ1v) is 8.86. The maximum absolute atomic E-state index is 6.09. The zero-order valence-electron chi connectivity index (χ0n) is 13.4. The fourth-order valence-electron chi connectivity index (χ4n) is 2.87. The number of benzene rings is 3. The Morgan fingerprint density at radius 1 is 0.750 bits per heavy atom. The highest BCUT2D eigenvalue weighted by Crippen LogP contribution is 2.44. The molecule has 0 bridgehead atoms. The first kappa shape index (κ1) is 17.3. The Morgan fingerprint density at radius 2 is 1.25 bits per heavy atom. The summed E-state index contributed by atoms with van der Waals surface area (Å²) in [5, 5.41) is 0. The van der Waals surface area contributed by atoms with Crippen molar-refractivity contribution in [3.05, 3.63) is 84.4 Å². The van der Waals surface area contributed by atoms with Crippen LogP contribution in [0.5, 0.6) is 11.5 Å². The molecule has 1 heterocycles. The fourth-order valence-corrected chi connectivity index (χ4v) is 5.07. The summed E-state index contributed by atoms with van der Waals surface area (Å²) in [6.45, 7) is 0.909. The molecule has 0 aliphatic carbocycles. The van der Waals surface area contributed by atoms with Crippen LogP contribution in [0.1, 0.15) is 5.56 Å². The number of hydrogen-bond donors (Lipinski definition) is 0. The third-order valence-electron chi connectivity index (χ3n) is 3.89. The number of ether oxygens (including phenoxy) is 1. The quantitative estimate of drug-likeness (QED) is 0.449. The number of rotatable bonds is 3. The topological polar surface area (TPSA) is 12.5 Å². The number of nitrogens with zero attached hydrogens (tertiary/aromatic N) is 1. The van der Waals surface area contributed by atoms with Crippen LogP contribution in [0.3, 0.4) is 0 Å². The predicted octanol–water partition coefficient (Wildman–Crippen LogP) is 1.88. The van der Waals surface area contributed by atoms with Crippen LogP contribution in [0.15, 0.2) is 88.7 Å². The van der Waals surface area contributed by atoms with Gasteiger partial charge in [0.1, 0.15) is 0 Å². The van der Waals surface area contributed by atoms with Crippen molar-refractivity contribution in [3.63, 3.8) is 0 Å². The number of para-hydroxylation sites is 2. The van der Waals surface area contributed by atoms with Gasteiger partial charge in [-0.3, -0.25) is 0 Å². The first-order chi connectivity index (χ1) is 11.3. The van der Waals surface area contributed by atoms with Gasteiger partial charge in [0.15, 0.2) is 22.6 Å². The van der Waals surface area contributed by atoms with Crippen LogP contribution in [0, 0.1) is 0 Å². The van der Waals surface area contributed by atoms with Crippen LogP contribution in [0.4, 0.5) is 0 Å². The Hall–Kier alpha value is -1.50. The summed E-state index contributed by atoms with van der Waals surface area (Å²) in [5.74, 6) is 1.93. The van der Waals surface area contributed by atoms with Crippen molar-refractivity contribution in [3.8, 4) is 11.5 Å². The van der Waals surface area contributed by atoms with Crippen LogP contribution in [-0.4, -0.2) is 11.4 Å². The molecule has 0 N–H and O–H groups in total. The van der Waals surface area contributed by atoms with E-state index in [4.69, 9.17) is 4.74 Å². The minimum absolute atomic E-state index is 0. The molecule has 3 aromatic carbocycles. The highest BCUT2D eigenvalue weighted by molar-refractivity contribution is 7.95. The zero-order valence-corrected chi connectivity index (χ0v) is 16.3. The maximum atomic E-state index is 6.09. The van der Waals surface area contributed by atoms with Gasteiger partial charge in [-0.15, -0.1) is 4.31 Å². The molecule has 1 aliphatic heterocycles. The van der Waals surface area contributed by atoms with Gasteiger partial charge >= 0.3 is 0 Å². The highest BCUT2D eigenvalue weighted by atomic mass is 127. The van der Waals surface area contributed by atoms with Gasteiger partial charge in [0, 0.05) is 7.05 Å². The summed E-state index contributed by atoms with van der Waals surface area (Å²) >= 11 is -0.131. The second-order valence-electron chi connectivity index (χ2n) is 5.55. The summed E-state index contributed by atoms with van der Waals surface area (Å²) in [5.41, 5.74) is 1.32. The van der Waals surface area contributed by atoms with Gasteiger partial charge in [-0.05, 0) is 29.8 Å². The first-order valence-electron chi connectivity index (χ1n) is 7.68. The average Bonchev–Trinajstić information content (AvgIpc) is 2.60. The lowest BCUT2D eigenvalue weighted by Gasteiger charge is -2.24. The molecule has 4 rings (SSSR count). The molecule has 0 saturated carbocycles. The molecular weight excluding hydrogens is 429 g/mol. The van der Waals surface area contributed by atoms with Gasteiger partial charge in [0.2, 0.25) is 9.79 Å². The molecule has 0 radical (unpaired) electrons.